The fourth-order valence-electron chi connectivity index (χ4n) is 2.80. The lowest BCUT2D eigenvalue weighted by atomic mass is 10.2. The van der Waals surface area contributed by atoms with Gasteiger partial charge in [-0.2, -0.15) is 4.99 Å². The number of piperazine rings is 1. The Balaban J connectivity index is 1.54. The van der Waals surface area contributed by atoms with E-state index in [0.29, 0.717) is 4.91 Å². The Kier molecular flexibility index (Phi) is 4.75. The van der Waals surface area contributed by atoms with E-state index in [2.05, 4.69) is 37.9 Å². The van der Waals surface area contributed by atoms with E-state index < -0.39 is 0 Å². The van der Waals surface area contributed by atoms with Gasteiger partial charge >= 0.3 is 0 Å². The number of pyridine rings is 1. The minimum absolute atomic E-state index is 0.280. The fraction of sp³-hybridized carbons (Fsp3) is 0.294. The Bertz CT molecular complexity index is 898. The first-order valence-corrected chi connectivity index (χ1v) is 9.91. The number of thioether (sulfide) groups is 1. The Labute approximate surface area is 159 Å². The van der Waals surface area contributed by atoms with Crippen LogP contribution < -0.4 is 10.6 Å². The maximum atomic E-state index is 11.7. The van der Waals surface area contributed by atoms with Crippen molar-refractivity contribution in [3.8, 4) is 10.6 Å². The molecule has 0 saturated carbocycles. The van der Waals surface area contributed by atoms with Crippen LogP contribution in [0.1, 0.15) is 5.69 Å². The van der Waals surface area contributed by atoms with Gasteiger partial charge in [-0.1, -0.05) is 0 Å². The smallest absolute Gasteiger partial charge is 0.286 e. The number of anilines is 1. The topological polar surface area (TPSA) is 87.7 Å². The number of amidine groups is 1. The van der Waals surface area contributed by atoms with Gasteiger partial charge in [-0.15, -0.1) is 11.3 Å². The maximum Gasteiger partial charge on any atom is 0.286 e. The number of amides is 1. The maximum absolute atomic E-state index is 11.7. The quantitative estimate of drug-likeness (QED) is 0.806. The molecule has 1 amide bonds. The van der Waals surface area contributed by atoms with Crippen molar-refractivity contribution < 1.29 is 4.79 Å². The molecule has 134 valence electrons. The van der Waals surface area contributed by atoms with Crippen LogP contribution in [-0.2, 0) is 4.79 Å². The third kappa shape index (κ3) is 3.64. The number of aromatic nitrogens is 2. The summed E-state index contributed by atoms with van der Waals surface area (Å²) in [6, 6.07) is 4.05. The average molecular weight is 387 g/mol. The van der Waals surface area contributed by atoms with Crippen molar-refractivity contribution in [3.05, 3.63) is 34.3 Å². The van der Waals surface area contributed by atoms with Crippen LogP contribution in [0.3, 0.4) is 0 Å². The van der Waals surface area contributed by atoms with Crippen molar-refractivity contribution in [1.82, 2.24) is 14.9 Å². The van der Waals surface area contributed by atoms with Gasteiger partial charge in [0.2, 0.25) is 0 Å². The molecule has 0 bridgehead atoms. The summed E-state index contributed by atoms with van der Waals surface area (Å²) in [7, 11) is 2.14. The lowest BCUT2D eigenvalue weighted by Gasteiger charge is -2.33. The second-order valence-electron chi connectivity index (χ2n) is 6.14. The van der Waals surface area contributed by atoms with Crippen LogP contribution in [0.25, 0.3) is 16.6 Å². The second kappa shape index (κ2) is 7.18. The van der Waals surface area contributed by atoms with E-state index >= 15 is 0 Å². The molecule has 0 radical (unpaired) electrons. The van der Waals surface area contributed by atoms with Gasteiger partial charge in [-0.25, -0.2) is 9.97 Å². The monoisotopic (exact) mass is 386 g/mol. The molecular weight excluding hydrogens is 368 g/mol. The van der Waals surface area contributed by atoms with Gasteiger partial charge in [0.1, 0.15) is 10.8 Å². The highest BCUT2D eigenvalue weighted by Gasteiger charge is 2.20. The normalized spacial score (nSPS) is 20.0. The van der Waals surface area contributed by atoms with Crippen LogP contribution >= 0.6 is 23.1 Å². The molecule has 1 fully saturated rings. The highest BCUT2D eigenvalue weighted by Crippen LogP contribution is 2.30. The third-order valence-electron chi connectivity index (χ3n) is 4.26. The molecule has 9 heteroatoms. The summed E-state index contributed by atoms with van der Waals surface area (Å²) in [5, 5.41) is 3.11. The van der Waals surface area contributed by atoms with Crippen molar-refractivity contribution in [3.63, 3.8) is 0 Å². The lowest BCUT2D eigenvalue weighted by molar-refractivity contribution is -0.113. The molecule has 2 aliphatic heterocycles. The summed E-state index contributed by atoms with van der Waals surface area (Å²) in [4.78, 5) is 29.7. The summed E-state index contributed by atoms with van der Waals surface area (Å²) in [6.07, 6.45) is 3.56. The zero-order valence-electron chi connectivity index (χ0n) is 14.3. The Hall–Kier alpha value is -2.23. The number of carbonyl (C=O) groups excluding carboxylic acids is 1. The van der Waals surface area contributed by atoms with Gasteiger partial charge < -0.3 is 15.5 Å². The van der Waals surface area contributed by atoms with Crippen molar-refractivity contribution in [2.24, 2.45) is 10.7 Å². The van der Waals surface area contributed by atoms with Crippen molar-refractivity contribution in [2.45, 2.75) is 0 Å². The van der Waals surface area contributed by atoms with Crippen molar-refractivity contribution in [1.29, 1.82) is 0 Å². The number of aliphatic imine (C=N–C) groups is 1. The van der Waals surface area contributed by atoms with E-state index in [0.717, 1.165) is 48.3 Å². The standard InChI is InChI=1S/C17H18N6OS2/c1-22-4-6-23(7-5-22)14-8-11(2-3-19-14)16-20-12(10-25-16)9-13-15(24)21-17(18)26-13/h2-3,8-10H,4-7H2,1H3,(H2,18,21,24)/b13-9+. The predicted octanol–water partition coefficient (Wildman–Crippen LogP) is 1.89. The summed E-state index contributed by atoms with van der Waals surface area (Å²) in [6.45, 7) is 4.03. The molecule has 0 unspecified atom stereocenters. The molecule has 0 atom stereocenters. The number of hydrogen-bond acceptors (Lipinski definition) is 8. The SMILES string of the molecule is CN1CCN(c2cc(-c3nc(/C=C4/SC(N)=NC4=O)cs3)ccn2)CC1. The largest absolute Gasteiger partial charge is 0.378 e. The van der Waals surface area contributed by atoms with Gasteiger partial charge in [0.25, 0.3) is 5.91 Å². The molecule has 1 saturated heterocycles. The zero-order valence-corrected chi connectivity index (χ0v) is 15.9. The van der Waals surface area contributed by atoms with Gasteiger partial charge in [0.15, 0.2) is 5.17 Å². The van der Waals surface area contributed by atoms with E-state index in [-0.39, 0.29) is 11.1 Å². The number of hydrogen-bond donors (Lipinski definition) is 1. The van der Waals surface area contributed by atoms with E-state index in [1.165, 1.54) is 11.8 Å². The van der Waals surface area contributed by atoms with Crippen molar-refractivity contribution in [2.75, 3.05) is 38.1 Å². The number of carbonyl (C=O) groups is 1. The fourth-order valence-corrected chi connectivity index (χ4v) is 4.25. The summed E-state index contributed by atoms with van der Waals surface area (Å²) < 4.78 is 0. The molecule has 0 aliphatic carbocycles. The number of nitrogens with zero attached hydrogens (tertiary/aromatic N) is 5. The van der Waals surface area contributed by atoms with Crippen LogP contribution in [0.5, 0.6) is 0 Å². The number of nitrogens with two attached hydrogens (primary N) is 1. The molecule has 26 heavy (non-hydrogen) atoms. The number of rotatable bonds is 3. The van der Waals surface area contributed by atoms with Gasteiger partial charge in [0, 0.05) is 43.3 Å². The average Bonchev–Trinajstić information content (AvgIpc) is 3.22. The molecule has 4 rings (SSSR count). The summed E-state index contributed by atoms with van der Waals surface area (Å²) in [5.74, 6) is 0.678. The molecule has 2 aliphatic rings. The van der Waals surface area contributed by atoms with Crippen LogP contribution in [0.4, 0.5) is 5.82 Å². The number of thiazole rings is 1. The minimum atomic E-state index is -0.302. The first kappa shape index (κ1) is 17.2. The summed E-state index contributed by atoms with van der Waals surface area (Å²) >= 11 is 2.72. The van der Waals surface area contributed by atoms with E-state index in [1.807, 2.05) is 17.6 Å². The number of likely N-dealkylation sites (N-methyl/N-ethyl adjacent to an activating group) is 1. The molecule has 2 N–H and O–H groups in total. The van der Waals surface area contributed by atoms with Gasteiger partial charge in [-0.05, 0) is 37.0 Å². The van der Waals surface area contributed by atoms with Gasteiger partial charge in [0.05, 0.1) is 10.6 Å². The molecule has 7 nitrogen and oxygen atoms in total. The van der Waals surface area contributed by atoms with Crippen LogP contribution in [0.2, 0.25) is 0 Å². The van der Waals surface area contributed by atoms with E-state index in [1.54, 1.807) is 17.4 Å². The Morgan fingerprint density at radius 3 is 2.81 bits per heavy atom. The van der Waals surface area contributed by atoms with Gasteiger partial charge in [-0.3, -0.25) is 4.79 Å². The van der Waals surface area contributed by atoms with Crippen LogP contribution in [0, 0.1) is 0 Å². The van der Waals surface area contributed by atoms with E-state index in [4.69, 9.17) is 5.73 Å². The predicted molar refractivity (Wildman–Crippen MR) is 107 cm³/mol. The highest BCUT2D eigenvalue weighted by molar-refractivity contribution is 8.18. The Morgan fingerprint density at radius 1 is 1.27 bits per heavy atom. The highest BCUT2D eigenvalue weighted by atomic mass is 32.2. The van der Waals surface area contributed by atoms with Crippen LogP contribution in [-0.4, -0.2) is 59.2 Å². The molecule has 4 heterocycles. The van der Waals surface area contributed by atoms with Crippen molar-refractivity contribution >= 4 is 46.1 Å². The molecule has 2 aromatic heterocycles. The molecule has 2 aromatic rings. The first-order valence-electron chi connectivity index (χ1n) is 8.22. The molecule has 0 spiro atoms. The Morgan fingerprint density at radius 2 is 2.08 bits per heavy atom. The third-order valence-corrected chi connectivity index (χ3v) is 5.98. The molecular formula is C17H18N6OS2. The minimum Gasteiger partial charge on any atom is -0.378 e. The second-order valence-corrected chi connectivity index (χ2v) is 8.06. The molecule has 0 aromatic carbocycles. The lowest BCUT2D eigenvalue weighted by Crippen LogP contribution is -2.44. The zero-order chi connectivity index (χ0) is 18.1. The van der Waals surface area contributed by atoms with E-state index in [9.17, 15) is 4.79 Å². The first-order chi connectivity index (χ1) is 12.6. The summed E-state index contributed by atoms with van der Waals surface area (Å²) in [5.41, 5.74) is 7.35. The van der Waals surface area contributed by atoms with Crippen LogP contribution in [0.15, 0.2) is 33.6 Å².